The fourth-order valence-corrected chi connectivity index (χ4v) is 3.83. The molecule has 0 saturated carbocycles. The predicted molar refractivity (Wildman–Crippen MR) is 83.6 cm³/mol. The van der Waals surface area contributed by atoms with E-state index >= 15 is 0 Å². The number of unbranched alkanes of at least 4 members (excludes halogenated alkanes) is 3. The smallest absolute Gasteiger partial charge is 0.157 e. The molecule has 0 aromatic heterocycles. The van der Waals surface area contributed by atoms with Gasteiger partial charge in [0.05, 0.1) is 13.2 Å². The average molecular weight is 280 g/mol. The normalized spacial score (nSPS) is 38.0. The zero-order valence-corrected chi connectivity index (χ0v) is 13.8. The maximum Gasteiger partial charge on any atom is 0.157 e. The lowest BCUT2D eigenvalue weighted by molar-refractivity contribution is -0.252. The van der Waals surface area contributed by atoms with Gasteiger partial charge in [0, 0.05) is 5.41 Å². The average Bonchev–Trinajstić information content (AvgIpc) is 2.42. The van der Waals surface area contributed by atoms with E-state index in [1.807, 2.05) is 0 Å². The van der Waals surface area contributed by atoms with E-state index < -0.39 is 0 Å². The SMILES string of the molecule is CCCCCCC1OCC2(CO1)[C@H](C)CC(C)=C[C@@H]2C. The molecule has 1 saturated heterocycles. The quantitative estimate of drug-likeness (QED) is 0.524. The first-order chi connectivity index (χ1) is 9.58. The molecule has 2 atom stereocenters. The van der Waals surface area contributed by atoms with Crippen molar-refractivity contribution in [3.8, 4) is 0 Å². The van der Waals surface area contributed by atoms with Gasteiger partial charge in [0.1, 0.15) is 0 Å². The molecule has 1 spiro atoms. The van der Waals surface area contributed by atoms with Crippen molar-refractivity contribution in [2.45, 2.75) is 72.5 Å². The van der Waals surface area contributed by atoms with Crippen molar-refractivity contribution in [1.82, 2.24) is 0 Å². The number of rotatable bonds is 5. The van der Waals surface area contributed by atoms with Crippen molar-refractivity contribution >= 4 is 0 Å². The molecule has 0 bridgehead atoms. The maximum atomic E-state index is 6.08. The molecule has 1 aliphatic heterocycles. The summed E-state index contributed by atoms with van der Waals surface area (Å²) in [7, 11) is 0. The molecule has 1 fully saturated rings. The van der Waals surface area contributed by atoms with Gasteiger partial charge in [-0.2, -0.15) is 0 Å². The van der Waals surface area contributed by atoms with Crippen LogP contribution in [0.1, 0.15) is 66.2 Å². The van der Waals surface area contributed by atoms with Gasteiger partial charge in [-0.05, 0) is 38.0 Å². The van der Waals surface area contributed by atoms with E-state index in [0.29, 0.717) is 11.8 Å². The summed E-state index contributed by atoms with van der Waals surface area (Å²) >= 11 is 0. The fourth-order valence-electron chi connectivity index (χ4n) is 3.83. The number of allylic oxidation sites excluding steroid dienone is 2. The molecule has 0 amide bonds. The molecule has 2 rings (SSSR count). The van der Waals surface area contributed by atoms with Crippen molar-refractivity contribution in [2.24, 2.45) is 17.3 Å². The van der Waals surface area contributed by atoms with Crippen molar-refractivity contribution in [1.29, 1.82) is 0 Å². The third-order valence-electron chi connectivity index (χ3n) is 5.42. The van der Waals surface area contributed by atoms with Gasteiger partial charge in [0.25, 0.3) is 0 Å². The molecule has 2 heteroatoms. The topological polar surface area (TPSA) is 18.5 Å². The van der Waals surface area contributed by atoms with Crippen LogP contribution in [0.3, 0.4) is 0 Å². The van der Waals surface area contributed by atoms with E-state index in [0.717, 1.165) is 19.6 Å². The molecular weight excluding hydrogens is 248 g/mol. The second-order valence-electron chi connectivity index (χ2n) is 7.04. The van der Waals surface area contributed by atoms with Crippen LogP contribution >= 0.6 is 0 Å². The zero-order valence-electron chi connectivity index (χ0n) is 13.8. The monoisotopic (exact) mass is 280 g/mol. The second-order valence-corrected chi connectivity index (χ2v) is 7.04. The Labute approximate surface area is 124 Å². The minimum atomic E-state index is 0.0453. The first-order valence-corrected chi connectivity index (χ1v) is 8.49. The summed E-state index contributed by atoms with van der Waals surface area (Å²) < 4.78 is 12.2. The highest BCUT2D eigenvalue weighted by molar-refractivity contribution is 5.13. The standard InChI is InChI=1S/C18H32O2/c1-5-6-7-8-9-17-19-12-18(13-20-17)15(3)10-14(2)11-16(18)4/h10,15-17H,5-9,11-13H2,1-4H3/t15-,16+,17?,18?/m0/s1. The van der Waals surface area contributed by atoms with Crippen molar-refractivity contribution in [2.75, 3.05) is 13.2 Å². The summed E-state index contributed by atoms with van der Waals surface area (Å²) in [5.74, 6) is 1.22. The molecule has 0 radical (unpaired) electrons. The Bertz CT molecular complexity index is 326. The summed E-state index contributed by atoms with van der Waals surface area (Å²) in [6.45, 7) is 10.9. The summed E-state index contributed by atoms with van der Waals surface area (Å²) in [6.07, 6.45) is 9.88. The Balaban J connectivity index is 1.84. The minimum absolute atomic E-state index is 0.0453. The van der Waals surface area contributed by atoms with Gasteiger partial charge >= 0.3 is 0 Å². The van der Waals surface area contributed by atoms with E-state index in [1.165, 1.54) is 37.7 Å². The lowest BCUT2D eigenvalue weighted by Gasteiger charge is -2.49. The lowest BCUT2D eigenvalue weighted by Crippen LogP contribution is -2.50. The summed E-state index contributed by atoms with van der Waals surface area (Å²) in [6, 6.07) is 0. The number of ether oxygens (including phenoxy) is 2. The molecule has 0 aromatic carbocycles. The van der Waals surface area contributed by atoms with E-state index in [4.69, 9.17) is 9.47 Å². The van der Waals surface area contributed by atoms with E-state index in [1.54, 1.807) is 0 Å². The van der Waals surface area contributed by atoms with Gasteiger partial charge in [-0.15, -0.1) is 0 Å². The van der Waals surface area contributed by atoms with E-state index in [9.17, 15) is 0 Å². The predicted octanol–water partition coefficient (Wildman–Crippen LogP) is 4.94. The van der Waals surface area contributed by atoms with Crippen LogP contribution < -0.4 is 0 Å². The van der Waals surface area contributed by atoms with Crippen LogP contribution in [-0.2, 0) is 9.47 Å². The molecule has 2 nitrogen and oxygen atoms in total. The highest BCUT2D eigenvalue weighted by atomic mass is 16.7. The van der Waals surface area contributed by atoms with Crippen molar-refractivity contribution < 1.29 is 9.47 Å². The van der Waals surface area contributed by atoms with Crippen LogP contribution in [0.4, 0.5) is 0 Å². The molecule has 116 valence electrons. The van der Waals surface area contributed by atoms with Crippen LogP contribution in [0.2, 0.25) is 0 Å². The van der Waals surface area contributed by atoms with Crippen molar-refractivity contribution in [3.05, 3.63) is 11.6 Å². The van der Waals surface area contributed by atoms with Crippen LogP contribution in [-0.4, -0.2) is 19.5 Å². The summed E-state index contributed by atoms with van der Waals surface area (Å²) in [5, 5.41) is 0. The van der Waals surface area contributed by atoms with Gasteiger partial charge in [0.2, 0.25) is 0 Å². The van der Waals surface area contributed by atoms with E-state index in [2.05, 4.69) is 33.8 Å². The first-order valence-electron chi connectivity index (χ1n) is 8.49. The van der Waals surface area contributed by atoms with E-state index in [-0.39, 0.29) is 11.7 Å². The molecule has 1 aliphatic carbocycles. The molecule has 0 unspecified atom stereocenters. The molecule has 0 N–H and O–H groups in total. The van der Waals surface area contributed by atoms with Gasteiger partial charge < -0.3 is 9.47 Å². The van der Waals surface area contributed by atoms with Crippen LogP contribution in [0.15, 0.2) is 11.6 Å². The lowest BCUT2D eigenvalue weighted by atomic mass is 9.63. The highest BCUT2D eigenvalue weighted by Crippen LogP contribution is 2.47. The fraction of sp³-hybridized carbons (Fsp3) is 0.889. The Morgan fingerprint density at radius 1 is 1.15 bits per heavy atom. The molecule has 1 heterocycles. The van der Waals surface area contributed by atoms with Gasteiger partial charge in [-0.25, -0.2) is 0 Å². The molecule has 2 aliphatic rings. The maximum absolute atomic E-state index is 6.08. The second kappa shape index (κ2) is 7.09. The van der Waals surface area contributed by atoms with Gasteiger partial charge in [-0.1, -0.05) is 51.7 Å². The highest BCUT2D eigenvalue weighted by Gasteiger charge is 2.46. The third-order valence-corrected chi connectivity index (χ3v) is 5.42. The van der Waals surface area contributed by atoms with Crippen LogP contribution in [0.25, 0.3) is 0 Å². The number of hydrogen-bond donors (Lipinski definition) is 0. The Kier molecular flexibility index (Phi) is 5.68. The van der Waals surface area contributed by atoms with Gasteiger partial charge in [-0.3, -0.25) is 0 Å². The summed E-state index contributed by atoms with van der Waals surface area (Å²) in [5.41, 5.74) is 1.73. The molecule has 20 heavy (non-hydrogen) atoms. The Morgan fingerprint density at radius 3 is 2.45 bits per heavy atom. The van der Waals surface area contributed by atoms with Gasteiger partial charge in [0.15, 0.2) is 6.29 Å². The van der Waals surface area contributed by atoms with Crippen LogP contribution in [0.5, 0.6) is 0 Å². The Morgan fingerprint density at radius 2 is 1.85 bits per heavy atom. The minimum Gasteiger partial charge on any atom is -0.352 e. The van der Waals surface area contributed by atoms with Crippen LogP contribution in [0, 0.1) is 17.3 Å². The summed E-state index contributed by atoms with van der Waals surface area (Å²) in [4.78, 5) is 0. The first kappa shape index (κ1) is 16.0. The molecular formula is C18H32O2. The Hall–Kier alpha value is -0.340. The molecule has 0 aromatic rings. The zero-order chi connectivity index (χ0) is 14.6. The third kappa shape index (κ3) is 3.46. The number of hydrogen-bond acceptors (Lipinski definition) is 2. The largest absolute Gasteiger partial charge is 0.352 e. The van der Waals surface area contributed by atoms with Crippen molar-refractivity contribution in [3.63, 3.8) is 0 Å².